The molecule has 0 aliphatic heterocycles. The van der Waals surface area contributed by atoms with E-state index in [-0.39, 0.29) is 6.42 Å². The normalized spacial score (nSPS) is 10.0. The van der Waals surface area contributed by atoms with Crippen LogP contribution < -0.4 is 0 Å². The van der Waals surface area contributed by atoms with Crippen LogP contribution in [0.1, 0.15) is 4.88 Å². The van der Waals surface area contributed by atoms with Crippen molar-refractivity contribution in [3.05, 3.63) is 19.8 Å². The standard InChI is InChI=1S/C6H4BrClO2S/c7-6-4(8)1-3(11-6)2-5(9)10/h1H,2H2,(H,9,10). The van der Waals surface area contributed by atoms with Gasteiger partial charge in [0.1, 0.15) is 0 Å². The third-order valence-electron chi connectivity index (χ3n) is 1.02. The zero-order chi connectivity index (χ0) is 8.43. The lowest BCUT2D eigenvalue weighted by Gasteiger charge is -1.85. The first-order chi connectivity index (χ1) is 5.09. The second-order valence-electron chi connectivity index (χ2n) is 1.90. The second kappa shape index (κ2) is 3.56. The number of hydrogen-bond acceptors (Lipinski definition) is 2. The molecule has 0 radical (unpaired) electrons. The first kappa shape index (κ1) is 9.03. The molecule has 11 heavy (non-hydrogen) atoms. The molecule has 5 heteroatoms. The third-order valence-corrected chi connectivity index (χ3v) is 3.50. The summed E-state index contributed by atoms with van der Waals surface area (Å²) in [6, 6.07) is 1.66. The predicted octanol–water partition coefficient (Wildman–Crippen LogP) is 2.79. The maximum atomic E-state index is 10.2. The quantitative estimate of drug-likeness (QED) is 0.882. The van der Waals surface area contributed by atoms with Gasteiger partial charge in [0.05, 0.1) is 15.2 Å². The molecule has 0 fully saturated rings. The highest BCUT2D eigenvalue weighted by Crippen LogP contribution is 2.32. The van der Waals surface area contributed by atoms with E-state index >= 15 is 0 Å². The maximum Gasteiger partial charge on any atom is 0.308 e. The van der Waals surface area contributed by atoms with Crippen LogP contribution in [-0.4, -0.2) is 11.1 Å². The van der Waals surface area contributed by atoms with Crippen LogP contribution in [0.3, 0.4) is 0 Å². The summed E-state index contributed by atoms with van der Waals surface area (Å²) in [5, 5.41) is 8.99. The fourth-order valence-corrected chi connectivity index (χ4v) is 2.44. The summed E-state index contributed by atoms with van der Waals surface area (Å²) in [7, 11) is 0. The maximum absolute atomic E-state index is 10.2. The highest BCUT2D eigenvalue weighted by molar-refractivity contribution is 9.11. The van der Waals surface area contributed by atoms with Gasteiger partial charge < -0.3 is 5.11 Å². The van der Waals surface area contributed by atoms with Gasteiger partial charge in [-0.2, -0.15) is 0 Å². The Labute approximate surface area is 80.9 Å². The topological polar surface area (TPSA) is 37.3 Å². The van der Waals surface area contributed by atoms with E-state index in [0.717, 1.165) is 8.66 Å². The minimum atomic E-state index is -0.838. The lowest BCUT2D eigenvalue weighted by molar-refractivity contribution is -0.136. The Morgan fingerprint density at radius 3 is 2.82 bits per heavy atom. The van der Waals surface area contributed by atoms with Crippen LogP contribution in [0.15, 0.2) is 9.85 Å². The molecule has 1 aromatic heterocycles. The van der Waals surface area contributed by atoms with E-state index in [1.807, 2.05) is 0 Å². The Kier molecular flexibility index (Phi) is 2.92. The van der Waals surface area contributed by atoms with Gasteiger partial charge in [-0.15, -0.1) is 11.3 Å². The summed E-state index contributed by atoms with van der Waals surface area (Å²) in [6.07, 6.45) is 0.0377. The van der Waals surface area contributed by atoms with Gasteiger partial charge in [0.25, 0.3) is 0 Å². The molecule has 0 saturated carbocycles. The zero-order valence-corrected chi connectivity index (χ0v) is 8.46. The van der Waals surface area contributed by atoms with Crippen molar-refractivity contribution in [2.45, 2.75) is 6.42 Å². The molecule has 1 heterocycles. The average Bonchev–Trinajstić information content (AvgIpc) is 2.10. The Hall–Kier alpha value is -0.0600. The fraction of sp³-hybridized carbons (Fsp3) is 0.167. The molecule has 1 rings (SSSR count). The Bertz CT molecular complexity index is 265. The molecule has 0 spiro atoms. The Morgan fingerprint density at radius 1 is 1.82 bits per heavy atom. The molecule has 1 N–H and O–H groups in total. The van der Waals surface area contributed by atoms with Crippen molar-refractivity contribution in [1.29, 1.82) is 0 Å². The molecule has 0 aliphatic rings. The number of hydrogen-bond donors (Lipinski definition) is 1. The van der Waals surface area contributed by atoms with Crippen molar-refractivity contribution < 1.29 is 9.90 Å². The number of thiophene rings is 1. The highest BCUT2D eigenvalue weighted by atomic mass is 79.9. The van der Waals surface area contributed by atoms with E-state index in [4.69, 9.17) is 16.7 Å². The van der Waals surface area contributed by atoms with Gasteiger partial charge in [-0.05, 0) is 22.0 Å². The van der Waals surface area contributed by atoms with Crippen molar-refractivity contribution in [2.24, 2.45) is 0 Å². The Balaban J connectivity index is 2.81. The lowest BCUT2D eigenvalue weighted by Crippen LogP contribution is -1.96. The van der Waals surface area contributed by atoms with E-state index in [0.29, 0.717) is 5.02 Å². The van der Waals surface area contributed by atoms with Crippen LogP contribution in [0, 0.1) is 0 Å². The Morgan fingerprint density at radius 2 is 2.45 bits per heavy atom. The molecule has 60 valence electrons. The predicted molar refractivity (Wildman–Crippen MR) is 48.4 cm³/mol. The largest absolute Gasteiger partial charge is 0.481 e. The summed E-state index contributed by atoms with van der Waals surface area (Å²) in [5.74, 6) is -0.838. The fourth-order valence-electron chi connectivity index (χ4n) is 0.628. The van der Waals surface area contributed by atoms with E-state index in [2.05, 4.69) is 15.9 Å². The smallest absolute Gasteiger partial charge is 0.308 e. The summed E-state index contributed by atoms with van der Waals surface area (Å²) >= 11 is 10.2. The van der Waals surface area contributed by atoms with Gasteiger partial charge in [0.2, 0.25) is 0 Å². The molecule has 0 aliphatic carbocycles. The first-order valence-electron chi connectivity index (χ1n) is 2.75. The summed E-state index contributed by atoms with van der Waals surface area (Å²) < 4.78 is 0.787. The van der Waals surface area contributed by atoms with Crippen molar-refractivity contribution in [3.8, 4) is 0 Å². The van der Waals surface area contributed by atoms with Crippen LogP contribution in [0.5, 0.6) is 0 Å². The monoisotopic (exact) mass is 254 g/mol. The van der Waals surface area contributed by atoms with Gasteiger partial charge in [-0.1, -0.05) is 11.6 Å². The van der Waals surface area contributed by atoms with Crippen molar-refractivity contribution in [2.75, 3.05) is 0 Å². The van der Waals surface area contributed by atoms with E-state index < -0.39 is 5.97 Å². The lowest BCUT2D eigenvalue weighted by atomic mass is 10.3. The summed E-state index contributed by atoms with van der Waals surface area (Å²) in [4.78, 5) is 11.0. The van der Waals surface area contributed by atoms with Gasteiger partial charge in [0, 0.05) is 4.88 Å². The molecule has 0 atom stereocenters. The molecule has 0 unspecified atom stereocenters. The summed E-state index contributed by atoms with van der Waals surface area (Å²) in [6.45, 7) is 0. The minimum Gasteiger partial charge on any atom is -0.481 e. The van der Waals surface area contributed by atoms with Crippen LogP contribution in [-0.2, 0) is 11.2 Å². The number of carboxylic acid groups (broad SMARTS) is 1. The number of rotatable bonds is 2. The number of aliphatic carboxylic acids is 1. The van der Waals surface area contributed by atoms with Crippen LogP contribution in [0.2, 0.25) is 5.02 Å². The number of halogens is 2. The number of carbonyl (C=O) groups is 1. The van der Waals surface area contributed by atoms with Gasteiger partial charge >= 0.3 is 5.97 Å². The minimum absolute atomic E-state index is 0.0377. The molecule has 1 aromatic rings. The van der Waals surface area contributed by atoms with E-state index in [9.17, 15) is 4.79 Å². The first-order valence-corrected chi connectivity index (χ1v) is 4.74. The molecular formula is C6H4BrClO2S. The van der Waals surface area contributed by atoms with Crippen LogP contribution in [0.25, 0.3) is 0 Å². The average molecular weight is 256 g/mol. The van der Waals surface area contributed by atoms with Crippen molar-refractivity contribution in [3.63, 3.8) is 0 Å². The van der Waals surface area contributed by atoms with Crippen LogP contribution >= 0.6 is 38.9 Å². The third kappa shape index (κ3) is 2.47. The van der Waals surface area contributed by atoms with Gasteiger partial charge in [-0.25, -0.2) is 0 Å². The second-order valence-corrected chi connectivity index (χ2v) is 4.77. The molecule has 0 amide bonds. The molecular weight excluding hydrogens is 251 g/mol. The molecule has 0 bridgehead atoms. The van der Waals surface area contributed by atoms with E-state index in [1.165, 1.54) is 11.3 Å². The van der Waals surface area contributed by atoms with E-state index in [1.54, 1.807) is 6.07 Å². The van der Waals surface area contributed by atoms with Gasteiger partial charge in [-0.3, -0.25) is 4.79 Å². The molecule has 2 nitrogen and oxygen atoms in total. The van der Waals surface area contributed by atoms with Crippen molar-refractivity contribution >= 4 is 44.8 Å². The SMILES string of the molecule is O=C(O)Cc1cc(Cl)c(Br)s1. The van der Waals surface area contributed by atoms with Crippen LogP contribution in [0.4, 0.5) is 0 Å². The molecule has 0 saturated heterocycles. The van der Waals surface area contributed by atoms with Crippen molar-refractivity contribution in [1.82, 2.24) is 0 Å². The zero-order valence-electron chi connectivity index (χ0n) is 5.30. The number of carboxylic acids is 1. The summed E-state index contributed by atoms with van der Waals surface area (Å²) in [5.41, 5.74) is 0. The highest BCUT2D eigenvalue weighted by Gasteiger charge is 2.07. The van der Waals surface area contributed by atoms with Gasteiger partial charge in [0.15, 0.2) is 0 Å². The molecule has 0 aromatic carbocycles.